The molecule has 2 aliphatic heterocycles. The van der Waals surface area contributed by atoms with Gasteiger partial charge in [0.1, 0.15) is 29.9 Å². The van der Waals surface area contributed by atoms with Crippen molar-refractivity contribution in [2.24, 2.45) is 29.1 Å². The summed E-state index contributed by atoms with van der Waals surface area (Å²) < 4.78 is 0. The van der Waals surface area contributed by atoms with Crippen LogP contribution >= 0.6 is 0 Å². The van der Waals surface area contributed by atoms with Gasteiger partial charge in [0.05, 0.1) is 12.3 Å². The molecule has 3 heterocycles. The Kier molecular flexibility index (Phi) is 10.8. The largest absolute Gasteiger partial charge is 0.356 e. The number of nitriles is 1. The molecule has 4 aliphatic rings. The van der Waals surface area contributed by atoms with Gasteiger partial charge in [-0.25, -0.2) is 4.98 Å². The van der Waals surface area contributed by atoms with Gasteiger partial charge in [0.2, 0.25) is 23.6 Å². The van der Waals surface area contributed by atoms with Crippen LogP contribution in [0.3, 0.4) is 0 Å². The SMILES string of the molecule is CC(C)(C)[C@H](NC(=O)[C@@H](NC(=O)c1cnccn1)C1CCCCC1)C(=O)N1C[C@@H]2CCC[C@@H]2[C@H]1C(=O)N[C@H](C#N)C[C@@H]1CCNC1=O. The molecule has 1 aromatic rings. The second-order valence-corrected chi connectivity index (χ2v) is 14.7. The molecule has 0 bridgehead atoms. The molecule has 5 amide bonds. The van der Waals surface area contributed by atoms with Crippen LogP contribution in [0.1, 0.15) is 95.5 Å². The number of fused-ring (bicyclic) bond motifs is 1. The van der Waals surface area contributed by atoms with Crippen molar-refractivity contribution in [2.45, 2.75) is 109 Å². The summed E-state index contributed by atoms with van der Waals surface area (Å²) >= 11 is 0. The fourth-order valence-electron chi connectivity index (χ4n) is 7.97. The van der Waals surface area contributed by atoms with Crippen LogP contribution in [0.5, 0.6) is 0 Å². The molecular formula is C34H48N8O5. The number of aromatic nitrogens is 2. The molecule has 4 fully saturated rings. The lowest BCUT2D eigenvalue weighted by molar-refractivity contribution is -0.145. The maximum atomic E-state index is 14.5. The fourth-order valence-corrected chi connectivity index (χ4v) is 7.97. The fraction of sp³-hybridized carbons (Fsp3) is 0.706. The molecule has 13 nitrogen and oxygen atoms in total. The van der Waals surface area contributed by atoms with Crippen LogP contribution in [-0.4, -0.2) is 81.7 Å². The number of nitrogens with one attached hydrogen (secondary N) is 4. The summed E-state index contributed by atoms with van der Waals surface area (Å²) in [7, 11) is 0. The van der Waals surface area contributed by atoms with E-state index in [2.05, 4.69) is 37.3 Å². The number of hydrogen-bond donors (Lipinski definition) is 4. The Morgan fingerprint density at radius 2 is 1.79 bits per heavy atom. The van der Waals surface area contributed by atoms with Crippen molar-refractivity contribution in [3.8, 4) is 6.07 Å². The predicted molar refractivity (Wildman–Crippen MR) is 171 cm³/mol. The molecule has 2 saturated heterocycles. The summed E-state index contributed by atoms with van der Waals surface area (Å²) in [5.74, 6) is -2.16. The third-order valence-corrected chi connectivity index (χ3v) is 10.5. The normalized spacial score (nSPS) is 26.3. The summed E-state index contributed by atoms with van der Waals surface area (Å²) in [6.45, 7) is 6.55. The van der Waals surface area contributed by atoms with Crippen molar-refractivity contribution < 1.29 is 24.0 Å². The number of carbonyl (C=O) groups is 5. The Morgan fingerprint density at radius 1 is 1.02 bits per heavy atom. The Bertz CT molecular complexity index is 1370. The first-order chi connectivity index (χ1) is 22.5. The maximum Gasteiger partial charge on any atom is 0.272 e. The van der Waals surface area contributed by atoms with E-state index in [-0.39, 0.29) is 47.6 Å². The van der Waals surface area contributed by atoms with E-state index in [4.69, 9.17) is 0 Å². The summed E-state index contributed by atoms with van der Waals surface area (Å²) in [6, 6.07) is -1.35. The predicted octanol–water partition coefficient (Wildman–Crippen LogP) is 1.85. The first kappa shape index (κ1) is 34.3. The Labute approximate surface area is 276 Å². The second kappa shape index (κ2) is 14.8. The highest BCUT2D eigenvalue weighted by molar-refractivity contribution is 5.98. The molecule has 1 aromatic heterocycles. The molecule has 5 rings (SSSR count). The Morgan fingerprint density at radius 3 is 2.43 bits per heavy atom. The monoisotopic (exact) mass is 648 g/mol. The van der Waals surface area contributed by atoms with Gasteiger partial charge in [0.15, 0.2) is 0 Å². The van der Waals surface area contributed by atoms with Crippen LogP contribution in [0, 0.1) is 40.4 Å². The van der Waals surface area contributed by atoms with Crippen LogP contribution in [0.15, 0.2) is 18.6 Å². The number of carbonyl (C=O) groups excluding carboxylic acids is 5. The summed E-state index contributed by atoms with van der Waals surface area (Å²) in [6.07, 6.45) is 12.2. The van der Waals surface area contributed by atoms with Gasteiger partial charge in [-0.2, -0.15) is 5.26 Å². The molecule has 0 aromatic carbocycles. The Hall–Kier alpha value is -4.08. The molecule has 0 unspecified atom stereocenters. The van der Waals surface area contributed by atoms with Crippen LogP contribution in [0.25, 0.3) is 0 Å². The van der Waals surface area contributed by atoms with E-state index < -0.39 is 47.3 Å². The van der Waals surface area contributed by atoms with Gasteiger partial charge in [-0.05, 0) is 61.7 Å². The maximum absolute atomic E-state index is 14.5. The van der Waals surface area contributed by atoms with Gasteiger partial charge < -0.3 is 26.2 Å². The molecule has 7 atom stereocenters. The van der Waals surface area contributed by atoms with E-state index in [9.17, 15) is 29.2 Å². The number of nitrogens with zero attached hydrogens (tertiary/aromatic N) is 4. The third kappa shape index (κ3) is 7.91. The Balaban J connectivity index is 1.35. The zero-order chi connectivity index (χ0) is 33.7. The van der Waals surface area contributed by atoms with Gasteiger partial charge >= 0.3 is 0 Å². The number of rotatable bonds is 10. The zero-order valence-electron chi connectivity index (χ0n) is 27.7. The topological polar surface area (TPSA) is 186 Å². The molecule has 254 valence electrons. The molecule has 2 saturated carbocycles. The average molecular weight is 649 g/mol. The molecule has 13 heteroatoms. The van der Waals surface area contributed by atoms with E-state index >= 15 is 0 Å². The van der Waals surface area contributed by atoms with Crippen LogP contribution in [0.2, 0.25) is 0 Å². The van der Waals surface area contributed by atoms with E-state index in [1.807, 2.05) is 20.8 Å². The van der Waals surface area contributed by atoms with Gasteiger partial charge in [-0.3, -0.25) is 29.0 Å². The highest BCUT2D eigenvalue weighted by Gasteiger charge is 2.52. The lowest BCUT2D eigenvalue weighted by Crippen LogP contribution is -2.62. The zero-order valence-corrected chi connectivity index (χ0v) is 27.7. The molecule has 0 spiro atoms. The summed E-state index contributed by atoms with van der Waals surface area (Å²) in [4.78, 5) is 77.4. The first-order valence-corrected chi connectivity index (χ1v) is 17.1. The number of likely N-dealkylation sites (tertiary alicyclic amines) is 1. The quantitative estimate of drug-likeness (QED) is 0.296. The first-order valence-electron chi connectivity index (χ1n) is 17.1. The minimum absolute atomic E-state index is 0.0503. The molecular weight excluding hydrogens is 600 g/mol. The van der Waals surface area contributed by atoms with Crippen molar-refractivity contribution in [1.82, 2.24) is 36.1 Å². The van der Waals surface area contributed by atoms with Gasteiger partial charge in [0.25, 0.3) is 5.91 Å². The summed E-state index contributed by atoms with van der Waals surface area (Å²) in [5, 5.41) is 21.4. The number of hydrogen-bond acceptors (Lipinski definition) is 8. The summed E-state index contributed by atoms with van der Waals surface area (Å²) in [5.41, 5.74) is -0.617. The minimum atomic E-state index is -0.974. The van der Waals surface area contributed by atoms with Crippen LogP contribution < -0.4 is 21.3 Å². The highest BCUT2D eigenvalue weighted by atomic mass is 16.2. The molecule has 2 aliphatic carbocycles. The van der Waals surface area contributed by atoms with Crippen molar-refractivity contribution in [2.75, 3.05) is 13.1 Å². The van der Waals surface area contributed by atoms with E-state index in [1.165, 1.54) is 18.6 Å². The molecule has 4 N–H and O–H groups in total. The van der Waals surface area contributed by atoms with E-state index in [0.717, 1.165) is 51.4 Å². The minimum Gasteiger partial charge on any atom is -0.356 e. The van der Waals surface area contributed by atoms with Crippen molar-refractivity contribution in [1.29, 1.82) is 5.26 Å². The molecule has 47 heavy (non-hydrogen) atoms. The van der Waals surface area contributed by atoms with E-state index in [0.29, 0.717) is 19.5 Å². The lowest BCUT2D eigenvalue weighted by Gasteiger charge is -2.38. The highest BCUT2D eigenvalue weighted by Crippen LogP contribution is 2.43. The van der Waals surface area contributed by atoms with Gasteiger partial charge in [-0.1, -0.05) is 46.5 Å². The lowest BCUT2D eigenvalue weighted by atomic mass is 9.82. The number of amides is 5. The van der Waals surface area contributed by atoms with Gasteiger partial charge in [-0.15, -0.1) is 0 Å². The smallest absolute Gasteiger partial charge is 0.272 e. The van der Waals surface area contributed by atoms with Crippen LogP contribution in [-0.2, 0) is 19.2 Å². The standard InChI is InChI=1S/C34H48N8O5/c1-34(2,3)28(41-31(45)26(20-8-5-4-6-9-20)40-30(44)25-18-36-14-15-37-25)33(47)42-19-22-10-7-11-24(22)27(42)32(46)39-23(17-35)16-21-12-13-38-29(21)43/h14-15,18,20-24,26-28H,4-13,16,19H2,1-3H3,(H,38,43)(H,39,46)(H,40,44)(H,41,45)/t21-,22-,23-,24-,26-,27-,28+/m0/s1. The van der Waals surface area contributed by atoms with Crippen molar-refractivity contribution in [3.05, 3.63) is 24.3 Å². The second-order valence-electron chi connectivity index (χ2n) is 14.7. The molecule has 0 radical (unpaired) electrons. The van der Waals surface area contributed by atoms with Crippen molar-refractivity contribution in [3.63, 3.8) is 0 Å². The van der Waals surface area contributed by atoms with Crippen LogP contribution in [0.4, 0.5) is 0 Å². The van der Waals surface area contributed by atoms with E-state index in [1.54, 1.807) is 4.90 Å². The average Bonchev–Trinajstić information content (AvgIpc) is 3.78. The third-order valence-electron chi connectivity index (χ3n) is 10.5. The van der Waals surface area contributed by atoms with Gasteiger partial charge in [0, 0.05) is 31.4 Å². The van der Waals surface area contributed by atoms with Crippen molar-refractivity contribution >= 4 is 29.5 Å².